The zero-order valence-electron chi connectivity index (χ0n) is 11.1. The van der Waals surface area contributed by atoms with Crippen LogP contribution in [-0.2, 0) is 6.54 Å². The number of nitrogens with one attached hydrogen (secondary N) is 1. The Morgan fingerprint density at radius 3 is 2.84 bits per heavy atom. The van der Waals surface area contributed by atoms with Crippen LogP contribution in [-0.4, -0.2) is 42.8 Å². The lowest BCUT2D eigenvalue weighted by atomic mass is 10.2. The second-order valence-electron chi connectivity index (χ2n) is 3.92. The number of aliphatic hydroxyl groups excluding tert-OH is 1. The van der Waals surface area contributed by atoms with Gasteiger partial charge in [0.15, 0.2) is 0 Å². The van der Waals surface area contributed by atoms with E-state index in [9.17, 15) is 4.79 Å². The zero-order chi connectivity index (χ0) is 14.3. The molecule has 6 heteroatoms. The summed E-state index contributed by atoms with van der Waals surface area (Å²) in [7, 11) is 1.60. The fourth-order valence-electron chi connectivity index (χ4n) is 1.69. The number of carbonyl (C=O) groups is 1. The fraction of sp³-hybridized carbons (Fsp3) is 0.462. The molecule has 0 saturated heterocycles. The molecule has 1 aromatic rings. The number of aliphatic hydroxyl groups is 1. The van der Waals surface area contributed by atoms with Crippen LogP contribution < -0.4 is 10.1 Å². The first kappa shape index (κ1) is 15.8. The van der Waals surface area contributed by atoms with Gasteiger partial charge in [-0.25, -0.2) is 4.79 Å². The van der Waals surface area contributed by atoms with Crippen molar-refractivity contribution < 1.29 is 14.6 Å². The SMILES string of the molecule is CCN(CCO)C(=O)NCc1cc(Br)ccc1OC. The number of halogens is 1. The lowest BCUT2D eigenvalue weighted by Crippen LogP contribution is -2.41. The van der Waals surface area contributed by atoms with E-state index in [0.717, 1.165) is 15.8 Å². The molecule has 5 nitrogen and oxygen atoms in total. The van der Waals surface area contributed by atoms with Gasteiger partial charge in [-0.15, -0.1) is 0 Å². The lowest BCUT2D eigenvalue weighted by Gasteiger charge is -2.20. The lowest BCUT2D eigenvalue weighted by molar-refractivity contribution is 0.180. The van der Waals surface area contributed by atoms with Gasteiger partial charge in [0.2, 0.25) is 0 Å². The third-order valence-corrected chi connectivity index (χ3v) is 3.20. The summed E-state index contributed by atoms with van der Waals surface area (Å²) in [5, 5.41) is 11.7. The van der Waals surface area contributed by atoms with E-state index in [1.165, 1.54) is 0 Å². The minimum Gasteiger partial charge on any atom is -0.496 e. The highest BCUT2D eigenvalue weighted by molar-refractivity contribution is 9.10. The summed E-state index contributed by atoms with van der Waals surface area (Å²) in [5.41, 5.74) is 0.894. The quantitative estimate of drug-likeness (QED) is 0.838. The molecule has 0 fully saturated rings. The number of urea groups is 1. The molecule has 0 heterocycles. The second-order valence-corrected chi connectivity index (χ2v) is 4.83. The van der Waals surface area contributed by atoms with Crippen molar-refractivity contribution in [2.24, 2.45) is 0 Å². The summed E-state index contributed by atoms with van der Waals surface area (Å²) in [5.74, 6) is 0.730. The van der Waals surface area contributed by atoms with Crippen LogP contribution in [0.4, 0.5) is 4.79 Å². The average Bonchev–Trinajstić information content (AvgIpc) is 2.42. The number of hydrogen-bond donors (Lipinski definition) is 2. The molecule has 2 amide bonds. The smallest absolute Gasteiger partial charge is 0.317 e. The number of carbonyl (C=O) groups excluding carboxylic acids is 1. The summed E-state index contributed by atoms with van der Waals surface area (Å²) < 4.78 is 6.17. The molecule has 0 aliphatic heterocycles. The first-order valence-corrected chi connectivity index (χ1v) is 6.87. The Hall–Kier alpha value is -1.27. The Labute approximate surface area is 121 Å². The summed E-state index contributed by atoms with van der Waals surface area (Å²) in [6.45, 7) is 3.10. The fourth-order valence-corrected chi connectivity index (χ4v) is 2.10. The van der Waals surface area contributed by atoms with E-state index in [-0.39, 0.29) is 12.6 Å². The van der Waals surface area contributed by atoms with Crippen molar-refractivity contribution in [2.75, 3.05) is 26.8 Å². The summed E-state index contributed by atoms with van der Waals surface area (Å²) in [4.78, 5) is 13.4. The Morgan fingerprint density at radius 1 is 1.53 bits per heavy atom. The number of hydrogen-bond acceptors (Lipinski definition) is 3. The Kier molecular flexibility index (Phi) is 6.66. The van der Waals surface area contributed by atoms with Crippen LogP contribution >= 0.6 is 15.9 Å². The van der Waals surface area contributed by atoms with Crippen LogP contribution in [0, 0.1) is 0 Å². The van der Waals surface area contributed by atoms with E-state index in [2.05, 4.69) is 21.2 Å². The van der Waals surface area contributed by atoms with Crippen LogP contribution in [0.25, 0.3) is 0 Å². The van der Waals surface area contributed by atoms with Crippen LogP contribution in [0.5, 0.6) is 5.75 Å². The third-order valence-electron chi connectivity index (χ3n) is 2.71. The van der Waals surface area contributed by atoms with Gasteiger partial charge < -0.3 is 20.1 Å². The van der Waals surface area contributed by atoms with Gasteiger partial charge in [0, 0.05) is 29.7 Å². The Balaban J connectivity index is 2.65. The van der Waals surface area contributed by atoms with Gasteiger partial charge in [-0.05, 0) is 25.1 Å². The molecule has 1 rings (SSSR count). The average molecular weight is 331 g/mol. The highest BCUT2D eigenvalue weighted by Gasteiger charge is 2.11. The minimum atomic E-state index is -0.196. The normalized spacial score (nSPS) is 10.1. The molecule has 0 saturated carbocycles. The van der Waals surface area contributed by atoms with E-state index in [0.29, 0.717) is 19.6 Å². The van der Waals surface area contributed by atoms with Gasteiger partial charge in [-0.3, -0.25) is 0 Å². The number of amides is 2. The van der Waals surface area contributed by atoms with E-state index in [4.69, 9.17) is 9.84 Å². The maximum atomic E-state index is 11.9. The van der Waals surface area contributed by atoms with E-state index >= 15 is 0 Å². The van der Waals surface area contributed by atoms with Crippen LogP contribution in [0.15, 0.2) is 22.7 Å². The first-order valence-electron chi connectivity index (χ1n) is 6.08. The zero-order valence-corrected chi connectivity index (χ0v) is 12.7. The molecular weight excluding hydrogens is 312 g/mol. The van der Waals surface area contributed by atoms with Crippen molar-refractivity contribution in [3.63, 3.8) is 0 Å². The summed E-state index contributed by atoms with van der Waals surface area (Å²) >= 11 is 3.39. The van der Waals surface area contributed by atoms with Gasteiger partial charge >= 0.3 is 6.03 Å². The molecule has 0 bridgehead atoms. The minimum absolute atomic E-state index is 0.0402. The number of methoxy groups -OCH3 is 1. The van der Waals surface area contributed by atoms with Crippen molar-refractivity contribution in [1.29, 1.82) is 0 Å². The number of ether oxygens (including phenoxy) is 1. The molecule has 0 aromatic heterocycles. The topological polar surface area (TPSA) is 61.8 Å². The maximum Gasteiger partial charge on any atom is 0.317 e. The highest BCUT2D eigenvalue weighted by Crippen LogP contribution is 2.22. The van der Waals surface area contributed by atoms with Crippen LogP contribution in [0.3, 0.4) is 0 Å². The predicted octanol–water partition coefficient (Wildman–Crippen LogP) is 1.98. The third kappa shape index (κ3) is 4.72. The molecule has 1 aromatic carbocycles. The van der Waals surface area contributed by atoms with Crippen LogP contribution in [0.1, 0.15) is 12.5 Å². The van der Waals surface area contributed by atoms with Crippen molar-refractivity contribution in [3.05, 3.63) is 28.2 Å². The highest BCUT2D eigenvalue weighted by atomic mass is 79.9. The van der Waals surface area contributed by atoms with Crippen molar-refractivity contribution in [2.45, 2.75) is 13.5 Å². The second kappa shape index (κ2) is 8.01. The van der Waals surface area contributed by atoms with Crippen LogP contribution in [0.2, 0.25) is 0 Å². The number of nitrogens with zero attached hydrogens (tertiary/aromatic N) is 1. The van der Waals surface area contributed by atoms with Gasteiger partial charge in [0.25, 0.3) is 0 Å². The molecule has 0 spiro atoms. The summed E-state index contributed by atoms with van der Waals surface area (Å²) in [6.07, 6.45) is 0. The molecule has 2 N–H and O–H groups in total. The molecule has 0 radical (unpaired) electrons. The van der Waals surface area contributed by atoms with Crippen molar-refractivity contribution in [3.8, 4) is 5.75 Å². The van der Waals surface area contributed by atoms with Gasteiger partial charge in [0.05, 0.1) is 13.7 Å². The number of likely N-dealkylation sites (N-methyl/N-ethyl adjacent to an activating group) is 1. The van der Waals surface area contributed by atoms with E-state index in [1.807, 2.05) is 25.1 Å². The van der Waals surface area contributed by atoms with Gasteiger partial charge in [-0.2, -0.15) is 0 Å². The van der Waals surface area contributed by atoms with Crippen molar-refractivity contribution in [1.82, 2.24) is 10.2 Å². The largest absolute Gasteiger partial charge is 0.496 e. The molecule has 0 aliphatic rings. The maximum absolute atomic E-state index is 11.9. The summed E-state index contributed by atoms with van der Waals surface area (Å²) in [6, 6.07) is 5.44. The molecular formula is C13H19BrN2O3. The van der Waals surface area contributed by atoms with Crippen molar-refractivity contribution >= 4 is 22.0 Å². The molecule has 0 atom stereocenters. The van der Waals surface area contributed by atoms with Gasteiger partial charge in [-0.1, -0.05) is 15.9 Å². The molecule has 0 unspecified atom stereocenters. The first-order chi connectivity index (χ1) is 9.12. The number of rotatable bonds is 6. The van der Waals surface area contributed by atoms with E-state index < -0.39 is 0 Å². The monoisotopic (exact) mass is 330 g/mol. The van der Waals surface area contributed by atoms with Gasteiger partial charge in [0.1, 0.15) is 5.75 Å². The standard InChI is InChI=1S/C13H19BrN2O3/c1-3-16(6-7-17)13(18)15-9-10-8-11(14)4-5-12(10)19-2/h4-5,8,17H,3,6-7,9H2,1-2H3,(H,15,18). The Morgan fingerprint density at radius 2 is 2.26 bits per heavy atom. The molecule has 106 valence electrons. The molecule has 19 heavy (non-hydrogen) atoms. The molecule has 0 aliphatic carbocycles. The Bertz CT molecular complexity index is 426. The van der Waals surface area contributed by atoms with E-state index in [1.54, 1.807) is 12.0 Å². The predicted molar refractivity (Wildman–Crippen MR) is 77.3 cm³/mol. The number of benzene rings is 1.